The van der Waals surface area contributed by atoms with Crippen molar-refractivity contribution in [3.63, 3.8) is 0 Å². The Bertz CT molecular complexity index is 483. The number of nitrogens with one attached hydrogen (secondary N) is 1. The summed E-state index contributed by atoms with van der Waals surface area (Å²) in [5.41, 5.74) is 5.62. The Hall–Kier alpha value is -2.08. The first-order chi connectivity index (χ1) is 10.3. The second kappa shape index (κ2) is 8.38. The van der Waals surface area contributed by atoms with E-state index >= 15 is 0 Å². The Morgan fingerprint density at radius 3 is 2.36 bits per heavy atom. The van der Waals surface area contributed by atoms with E-state index in [2.05, 4.69) is 5.32 Å². The smallest absolute Gasteiger partial charge is 0.407 e. The molecule has 22 heavy (non-hydrogen) atoms. The zero-order valence-corrected chi connectivity index (χ0v) is 13.5. The molecule has 0 fully saturated rings. The third kappa shape index (κ3) is 6.58. The topological polar surface area (TPSA) is 84.7 Å². The van der Waals surface area contributed by atoms with Gasteiger partial charge in [0.05, 0.1) is 0 Å². The average Bonchev–Trinajstić information content (AvgIpc) is 2.44. The second-order valence-corrected chi connectivity index (χ2v) is 5.88. The molecule has 2 amide bonds. The van der Waals surface area contributed by atoms with Gasteiger partial charge in [-0.25, -0.2) is 4.79 Å². The largest absolute Gasteiger partial charge is 0.444 e. The SMILES string of the molecule is CC(C)(C)OC(=O)NCCN(CCN)C(=O)c1ccccc1. The van der Waals surface area contributed by atoms with Crippen LogP contribution in [-0.2, 0) is 4.74 Å². The molecule has 0 aromatic heterocycles. The Balaban J connectivity index is 2.51. The summed E-state index contributed by atoms with van der Waals surface area (Å²) in [5, 5.41) is 2.64. The molecule has 0 aliphatic rings. The van der Waals surface area contributed by atoms with Crippen LogP contribution in [0.3, 0.4) is 0 Å². The van der Waals surface area contributed by atoms with E-state index < -0.39 is 11.7 Å². The lowest BCUT2D eigenvalue weighted by Gasteiger charge is -2.23. The number of hydrogen-bond donors (Lipinski definition) is 2. The second-order valence-electron chi connectivity index (χ2n) is 5.88. The summed E-state index contributed by atoms with van der Waals surface area (Å²) in [4.78, 5) is 25.6. The van der Waals surface area contributed by atoms with Crippen LogP contribution >= 0.6 is 0 Å². The van der Waals surface area contributed by atoms with Crippen LogP contribution in [0.4, 0.5) is 4.79 Å². The van der Waals surface area contributed by atoms with E-state index in [-0.39, 0.29) is 5.91 Å². The minimum absolute atomic E-state index is 0.1000. The normalized spacial score (nSPS) is 10.9. The molecule has 122 valence electrons. The maximum Gasteiger partial charge on any atom is 0.407 e. The number of benzene rings is 1. The van der Waals surface area contributed by atoms with Crippen LogP contribution < -0.4 is 11.1 Å². The third-order valence-corrected chi connectivity index (χ3v) is 2.76. The van der Waals surface area contributed by atoms with E-state index in [1.165, 1.54) is 0 Å². The molecule has 0 atom stereocenters. The summed E-state index contributed by atoms with van der Waals surface area (Å²) in [6, 6.07) is 8.99. The van der Waals surface area contributed by atoms with Crippen LogP contribution in [0, 0.1) is 0 Å². The van der Waals surface area contributed by atoms with Gasteiger partial charge >= 0.3 is 6.09 Å². The van der Waals surface area contributed by atoms with Crippen LogP contribution in [0.1, 0.15) is 31.1 Å². The van der Waals surface area contributed by atoms with Crippen molar-refractivity contribution >= 4 is 12.0 Å². The lowest BCUT2D eigenvalue weighted by Crippen LogP contribution is -2.42. The molecule has 0 aliphatic carbocycles. The molecule has 1 aromatic carbocycles. The molecular formula is C16H25N3O3. The van der Waals surface area contributed by atoms with Crippen LogP contribution in [0.5, 0.6) is 0 Å². The number of nitrogens with two attached hydrogens (primary N) is 1. The van der Waals surface area contributed by atoms with Gasteiger partial charge in [-0.15, -0.1) is 0 Å². The zero-order chi connectivity index (χ0) is 16.6. The molecule has 0 bridgehead atoms. The van der Waals surface area contributed by atoms with Gasteiger partial charge in [-0.2, -0.15) is 0 Å². The van der Waals surface area contributed by atoms with Crippen molar-refractivity contribution in [3.8, 4) is 0 Å². The number of rotatable bonds is 6. The van der Waals surface area contributed by atoms with Gasteiger partial charge in [-0.05, 0) is 32.9 Å². The fourth-order valence-corrected chi connectivity index (χ4v) is 1.84. The van der Waals surface area contributed by atoms with Gasteiger partial charge in [-0.1, -0.05) is 18.2 Å². The Morgan fingerprint density at radius 1 is 1.18 bits per heavy atom. The van der Waals surface area contributed by atoms with E-state index in [1.807, 2.05) is 18.2 Å². The fourth-order valence-electron chi connectivity index (χ4n) is 1.84. The predicted molar refractivity (Wildman–Crippen MR) is 85.6 cm³/mol. The Morgan fingerprint density at radius 2 is 1.82 bits per heavy atom. The molecule has 3 N–H and O–H groups in total. The number of carbonyl (C=O) groups excluding carboxylic acids is 2. The van der Waals surface area contributed by atoms with Crippen molar-refractivity contribution in [3.05, 3.63) is 35.9 Å². The van der Waals surface area contributed by atoms with E-state index in [0.717, 1.165) is 0 Å². The van der Waals surface area contributed by atoms with Gasteiger partial charge in [0.2, 0.25) is 0 Å². The summed E-state index contributed by atoms with van der Waals surface area (Å²) in [7, 11) is 0. The quantitative estimate of drug-likeness (QED) is 0.836. The molecular weight excluding hydrogens is 282 g/mol. The molecule has 0 unspecified atom stereocenters. The van der Waals surface area contributed by atoms with Gasteiger partial charge in [0, 0.05) is 31.7 Å². The van der Waals surface area contributed by atoms with E-state index in [0.29, 0.717) is 31.7 Å². The average molecular weight is 307 g/mol. The van der Waals surface area contributed by atoms with Crippen LogP contribution in [0.15, 0.2) is 30.3 Å². The molecule has 0 radical (unpaired) electrons. The maximum absolute atomic E-state index is 12.4. The highest BCUT2D eigenvalue weighted by molar-refractivity contribution is 5.94. The lowest BCUT2D eigenvalue weighted by molar-refractivity contribution is 0.0514. The molecule has 6 nitrogen and oxygen atoms in total. The first-order valence-corrected chi connectivity index (χ1v) is 7.35. The van der Waals surface area contributed by atoms with Crippen LogP contribution in [0.2, 0.25) is 0 Å². The number of hydrogen-bond acceptors (Lipinski definition) is 4. The fraction of sp³-hybridized carbons (Fsp3) is 0.500. The van der Waals surface area contributed by atoms with Crippen molar-refractivity contribution in [2.75, 3.05) is 26.2 Å². The molecule has 0 aliphatic heterocycles. The predicted octanol–water partition coefficient (Wildman–Crippen LogP) is 1.61. The zero-order valence-electron chi connectivity index (χ0n) is 13.5. The third-order valence-electron chi connectivity index (χ3n) is 2.76. The van der Waals surface area contributed by atoms with Crippen molar-refractivity contribution < 1.29 is 14.3 Å². The summed E-state index contributed by atoms with van der Waals surface area (Å²) in [6.07, 6.45) is -0.493. The van der Waals surface area contributed by atoms with Crippen molar-refractivity contribution in [1.29, 1.82) is 0 Å². The highest BCUT2D eigenvalue weighted by Crippen LogP contribution is 2.06. The maximum atomic E-state index is 12.4. The monoisotopic (exact) mass is 307 g/mol. The molecule has 0 spiro atoms. The van der Waals surface area contributed by atoms with E-state index in [1.54, 1.807) is 37.8 Å². The van der Waals surface area contributed by atoms with Gasteiger partial charge in [0.1, 0.15) is 5.60 Å². The lowest BCUT2D eigenvalue weighted by atomic mass is 10.2. The summed E-state index contributed by atoms with van der Waals surface area (Å²) < 4.78 is 5.15. The molecule has 1 rings (SSSR count). The molecule has 1 aromatic rings. The Labute approximate surface area is 131 Å². The van der Waals surface area contributed by atoms with Gasteiger partial charge in [0.25, 0.3) is 5.91 Å². The number of nitrogens with zero attached hydrogens (tertiary/aromatic N) is 1. The molecule has 6 heteroatoms. The highest BCUT2D eigenvalue weighted by atomic mass is 16.6. The van der Waals surface area contributed by atoms with Crippen molar-refractivity contribution in [2.24, 2.45) is 5.73 Å². The number of ether oxygens (including phenoxy) is 1. The minimum atomic E-state index is -0.541. The Kier molecular flexibility index (Phi) is 6.85. The number of carbonyl (C=O) groups is 2. The van der Waals surface area contributed by atoms with Crippen LogP contribution in [-0.4, -0.2) is 48.7 Å². The van der Waals surface area contributed by atoms with Gasteiger partial charge in [-0.3, -0.25) is 4.79 Å². The van der Waals surface area contributed by atoms with Crippen molar-refractivity contribution in [1.82, 2.24) is 10.2 Å². The van der Waals surface area contributed by atoms with Gasteiger partial charge in [0.15, 0.2) is 0 Å². The van der Waals surface area contributed by atoms with Gasteiger partial charge < -0.3 is 20.7 Å². The number of amides is 2. The van der Waals surface area contributed by atoms with Crippen molar-refractivity contribution in [2.45, 2.75) is 26.4 Å². The summed E-state index contributed by atoms with van der Waals surface area (Å²) in [6.45, 7) is 6.89. The minimum Gasteiger partial charge on any atom is -0.444 e. The standard InChI is InChI=1S/C16H25N3O3/c1-16(2,3)22-15(21)18-10-12-19(11-9-17)14(20)13-7-5-4-6-8-13/h4-8H,9-12,17H2,1-3H3,(H,18,21). The molecule has 0 saturated heterocycles. The first kappa shape index (κ1) is 18.0. The van der Waals surface area contributed by atoms with Crippen LogP contribution in [0.25, 0.3) is 0 Å². The van der Waals surface area contributed by atoms with E-state index in [9.17, 15) is 9.59 Å². The first-order valence-electron chi connectivity index (χ1n) is 7.35. The molecule has 0 heterocycles. The molecule has 0 saturated carbocycles. The summed E-state index contributed by atoms with van der Waals surface area (Å²) >= 11 is 0. The van der Waals surface area contributed by atoms with E-state index in [4.69, 9.17) is 10.5 Å². The number of alkyl carbamates (subject to hydrolysis) is 1. The highest BCUT2D eigenvalue weighted by Gasteiger charge is 2.17. The summed E-state index contributed by atoms with van der Waals surface area (Å²) in [5.74, 6) is -0.1000.